The van der Waals surface area contributed by atoms with Gasteiger partial charge in [0.05, 0.1) is 18.3 Å². The Morgan fingerprint density at radius 3 is 2.85 bits per heavy atom. The third kappa shape index (κ3) is 4.98. The number of nitrogens with zero attached hydrogens (tertiary/aromatic N) is 3. The van der Waals surface area contributed by atoms with E-state index in [-0.39, 0.29) is 23.6 Å². The van der Waals surface area contributed by atoms with Crippen LogP contribution in [-0.4, -0.2) is 39.2 Å². The van der Waals surface area contributed by atoms with Gasteiger partial charge in [0.15, 0.2) is 0 Å². The molecular weight excluding hydrogens is 376 g/mol. The molecule has 1 aromatic heterocycles. The van der Waals surface area contributed by atoms with Crippen molar-refractivity contribution < 1.29 is 14.0 Å². The zero-order valence-electron chi connectivity index (χ0n) is 14.3. The smallest absolute Gasteiger partial charge is 0.277 e. The molecule has 26 heavy (non-hydrogen) atoms. The number of hydrogen-bond acceptors (Lipinski definition) is 6. The molecule has 1 N–H and O–H groups in total. The summed E-state index contributed by atoms with van der Waals surface area (Å²) >= 11 is 7.04. The molecule has 2 amide bonds. The number of aromatic nitrogens is 2. The Labute approximate surface area is 160 Å². The van der Waals surface area contributed by atoms with Crippen molar-refractivity contribution >= 4 is 35.2 Å². The zero-order valence-corrected chi connectivity index (χ0v) is 15.8. The first-order chi connectivity index (χ1) is 12.5. The molecule has 138 valence electrons. The summed E-state index contributed by atoms with van der Waals surface area (Å²) in [6, 6.07) is 7.22. The highest BCUT2D eigenvalue weighted by Crippen LogP contribution is 2.20. The molecular formula is C17H19ClN4O3S. The lowest BCUT2D eigenvalue weighted by Crippen LogP contribution is -2.28. The third-order valence-electron chi connectivity index (χ3n) is 4.02. The Kier molecular flexibility index (Phi) is 6.16. The van der Waals surface area contributed by atoms with Crippen LogP contribution in [-0.2, 0) is 16.1 Å². The molecule has 1 atom stereocenters. The van der Waals surface area contributed by atoms with Gasteiger partial charge in [-0.25, -0.2) is 0 Å². The molecule has 0 radical (unpaired) electrons. The molecule has 1 fully saturated rings. The molecule has 0 aliphatic carbocycles. The Morgan fingerprint density at radius 2 is 2.15 bits per heavy atom. The molecule has 1 aliphatic heterocycles. The predicted octanol–water partition coefficient (Wildman–Crippen LogP) is 2.81. The van der Waals surface area contributed by atoms with Gasteiger partial charge in [0.25, 0.3) is 5.22 Å². The molecule has 9 heteroatoms. The van der Waals surface area contributed by atoms with Crippen LogP contribution in [0, 0.1) is 0 Å². The average Bonchev–Trinajstić information content (AvgIpc) is 3.23. The highest BCUT2D eigenvalue weighted by molar-refractivity contribution is 7.99. The minimum atomic E-state index is -0.132. The lowest BCUT2D eigenvalue weighted by atomic mass is 10.1. The summed E-state index contributed by atoms with van der Waals surface area (Å²) in [6.07, 6.45) is 1.43. The first-order valence-corrected chi connectivity index (χ1v) is 9.65. The van der Waals surface area contributed by atoms with Gasteiger partial charge in [-0.1, -0.05) is 35.5 Å². The van der Waals surface area contributed by atoms with Crippen LogP contribution < -0.4 is 5.32 Å². The summed E-state index contributed by atoms with van der Waals surface area (Å²) in [5.41, 5.74) is 0.975. The van der Waals surface area contributed by atoms with Gasteiger partial charge in [-0.05, 0) is 31.0 Å². The van der Waals surface area contributed by atoms with E-state index in [0.29, 0.717) is 35.6 Å². The second-order valence-corrected chi connectivity index (χ2v) is 7.37. The minimum Gasteiger partial charge on any atom is -0.414 e. The number of rotatable bonds is 7. The SMILES string of the molecule is CC(NC(=O)CSc1nnc(CN2CCCC2=O)o1)c1ccc(Cl)cc1. The molecule has 2 heterocycles. The first-order valence-electron chi connectivity index (χ1n) is 8.29. The van der Waals surface area contributed by atoms with E-state index in [1.54, 1.807) is 17.0 Å². The quantitative estimate of drug-likeness (QED) is 0.726. The van der Waals surface area contributed by atoms with Crippen molar-refractivity contribution in [2.24, 2.45) is 0 Å². The van der Waals surface area contributed by atoms with Crippen molar-refractivity contribution in [3.63, 3.8) is 0 Å². The Bertz CT molecular complexity index is 781. The maximum absolute atomic E-state index is 12.1. The number of carbonyl (C=O) groups excluding carboxylic acids is 2. The number of thioether (sulfide) groups is 1. The number of nitrogens with one attached hydrogen (secondary N) is 1. The van der Waals surface area contributed by atoms with E-state index in [4.69, 9.17) is 16.0 Å². The highest BCUT2D eigenvalue weighted by Gasteiger charge is 2.22. The van der Waals surface area contributed by atoms with Crippen molar-refractivity contribution in [3.05, 3.63) is 40.7 Å². The standard InChI is InChI=1S/C17H19ClN4O3S/c1-11(12-4-6-13(18)7-5-12)19-14(23)10-26-17-21-20-15(25-17)9-22-8-2-3-16(22)24/h4-7,11H,2-3,8-10H2,1H3,(H,19,23). The van der Waals surface area contributed by atoms with E-state index >= 15 is 0 Å². The predicted molar refractivity (Wildman–Crippen MR) is 97.7 cm³/mol. The van der Waals surface area contributed by atoms with Gasteiger partial charge in [-0.2, -0.15) is 0 Å². The number of likely N-dealkylation sites (tertiary alicyclic amines) is 1. The summed E-state index contributed by atoms with van der Waals surface area (Å²) in [5, 5.41) is 11.7. The molecule has 2 aromatic rings. The summed E-state index contributed by atoms with van der Waals surface area (Å²) in [4.78, 5) is 25.4. The first kappa shape index (κ1) is 18.7. The second-order valence-electron chi connectivity index (χ2n) is 6.01. The molecule has 1 aliphatic rings. The molecule has 1 saturated heterocycles. The van der Waals surface area contributed by atoms with Crippen LogP contribution in [0.3, 0.4) is 0 Å². The van der Waals surface area contributed by atoms with Crippen molar-refractivity contribution in [1.82, 2.24) is 20.4 Å². The van der Waals surface area contributed by atoms with Gasteiger partial charge in [-0.15, -0.1) is 10.2 Å². The number of halogens is 1. The van der Waals surface area contributed by atoms with Gasteiger partial charge >= 0.3 is 0 Å². The molecule has 0 saturated carbocycles. The molecule has 0 spiro atoms. The fourth-order valence-electron chi connectivity index (χ4n) is 2.64. The van der Waals surface area contributed by atoms with Crippen LogP contribution in [0.5, 0.6) is 0 Å². The Balaban J connectivity index is 1.45. The van der Waals surface area contributed by atoms with Gasteiger partial charge < -0.3 is 14.6 Å². The van der Waals surface area contributed by atoms with Gasteiger partial charge in [0, 0.05) is 18.0 Å². The van der Waals surface area contributed by atoms with Crippen LogP contribution in [0.2, 0.25) is 5.02 Å². The maximum Gasteiger partial charge on any atom is 0.277 e. The maximum atomic E-state index is 12.1. The fraction of sp³-hybridized carbons (Fsp3) is 0.412. The lowest BCUT2D eigenvalue weighted by molar-refractivity contribution is -0.128. The van der Waals surface area contributed by atoms with E-state index < -0.39 is 0 Å². The largest absolute Gasteiger partial charge is 0.414 e. The average molecular weight is 395 g/mol. The van der Waals surface area contributed by atoms with Crippen molar-refractivity contribution in [2.75, 3.05) is 12.3 Å². The fourth-order valence-corrected chi connectivity index (χ4v) is 3.36. The number of hydrogen-bond donors (Lipinski definition) is 1. The molecule has 7 nitrogen and oxygen atoms in total. The molecule has 0 bridgehead atoms. The van der Waals surface area contributed by atoms with Crippen LogP contribution >= 0.6 is 23.4 Å². The van der Waals surface area contributed by atoms with E-state index in [1.807, 2.05) is 19.1 Å². The summed E-state index contributed by atoms with van der Waals surface area (Å²) < 4.78 is 5.50. The van der Waals surface area contributed by atoms with Gasteiger partial charge in [0.2, 0.25) is 17.7 Å². The molecule has 3 rings (SSSR count). The lowest BCUT2D eigenvalue weighted by Gasteiger charge is -2.14. The summed E-state index contributed by atoms with van der Waals surface area (Å²) in [6.45, 7) is 2.95. The van der Waals surface area contributed by atoms with Crippen molar-refractivity contribution in [2.45, 2.75) is 37.6 Å². The van der Waals surface area contributed by atoms with Crippen LogP contribution in [0.1, 0.15) is 37.3 Å². The number of carbonyl (C=O) groups is 2. The second kappa shape index (κ2) is 8.55. The van der Waals surface area contributed by atoms with E-state index in [1.165, 1.54) is 11.8 Å². The van der Waals surface area contributed by atoms with Gasteiger partial charge in [-0.3, -0.25) is 9.59 Å². The Hall–Kier alpha value is -2.06. The Morgan fingerprint density at radius 1 is 1.38 bits per heavy atom. The molecule has 1 aromatic carbocycles. The van der Waals surface area contributed by atoms with Crippen molar-refractivity contribution in [3.8, 4) is 0 Å². The number of benzene rings is 1. The van der Waals surface area contributed by atoms with E-state index in [9.17, 15) is 9.59 Å². The van der Waals surface area contributed by atoms with Crippen molar-refractivity contribution in [1.29, 1.82) is 0 Å². The van der Waals surface area contributed by atoms with Gasteiger partial charge in [0.1, 0.15) is 0 Å². The molecule has 1 unspecified atom stereocenters. The summed E-state index contributed by atoms with van der Waals surface area (Å²) in [7, 11) is 0. The monoisotopic (exact) mass is 394 g/mol. The third-order valence-corrected chi connectivity index (χ3v) is 5.09. The van der Waals surface area contributed by atoms with E-state index in [2.05, 4.69) is 15.5 Å². The topological polar surface area (TPSA) is 88.3 Å². The normalized spacial score (nSPS) is 15.3. The van der Waals surface area contributed by atoms with Crippen LogP contribution in [0.15, 0.2) is 33.9 Å². The highest BCUT2D eigenvalue weighted by atomic mass is 35.5. The minimum absolute atomic E-state index is 0.105. The van der Waals surface area contributed by atoms with Crippen LogP contribution in [0.4, 0.5) is 0 Å². The van der Waals surface area contributed by atoms with E-state index in [0.717, 1.165) is 12.0 Å². The zero-order chi connectivity index (χ0) is 18.5. The van der Waals surface area contributed by atoms with Crippen LogP contribution in [0.25, 0.3) is 0 Å². The number of amides is 2. The summed E-state index contributed by atoms with van der Waals surface area (Å²) in [5.74, 6) is 0.528.